The molecule has 0 atom stereocenters. The number of alkyl halides is 6. The van der Waals surface area contributed by atoms with Crippen molar-refractivity contribution in [1.82, 2.24) is 0 Å². The molecule has 4 rings (SSSR count). The van der Waals surface area contributed by atoms with E-state index in [9.17, 15) is 0 Å². The predicted molar refractivity (Wildman–Crippen MR) is 118 cm³/mol. The molecule has 2 aromatic carbocycles. The van der Waals surface area contributed by atoms with Crippen molar-refractivity contribution in [3.63, 3.8) is 0 Å². The number of hydrogen-bond donors (Lipinski definition) is 0. The van der Waals surface area contributed by atoms with Gasteiger partial charge in [0.15, 0.2) is 5.22 Å². The van der Waals surface area contributed by atoms with Crippen molar-refractivity contribution >= 4 is 103 Å². The minimum Gasteiger partial charge on any atom is -0.464 e. The van der Waals surface area contributed by atoms with Gasteiger partial charge in [-0.3, -0.25) is 0 Å². The number of fused-ring (bicyclic) bond motifs is 2. The van der Waals surface area contributed by atoms with E-state index in [2.05, 4.69) is 0 Å². The third-order valence-corrected chi connectivity index (χ3v) is 5.84. The molecule has 2 aromatic heterocycles. The summed E-state index contributed by atoms with van der Waals surface area (Å²) in [6.07, 6.45) is 1.70. The van der Waals surface area contributed by atoms with E-state index in [0.717, 1.165) is 21.9 Å². The van der Waals surface area contributed by atoms with Gasteiger partial charge in [0.25, 0.3) is 0 Å². The average molecular weight is 507 g/mol. The Balaban J connectivity index is 0.000000147. The zero-order chi connectivity index (χ0) is 20.1. The van der Waals surface area contributed by atoms with Crippen molar-refractivity contribution in [3.05, 3.63) is 72.1 Å². The van der Waals surface area contributed by atoms with E-state index in [1.807, 2.05) is 54.6 Å². The van der Waals surface area contributed by atoms with E-state index in [1.54, 1.807) is 12.3 Å². The van der Waals surface area contributed by atoms with E-state index >= 15 is 0 Å². The number of furan rings is 2. The zero-order valence-corrected chi connectivity index (χ0v) is 18.6. The van der Waals surface area contributed by atoms with E-state index < -0.39 is 7.59 Å². The van der Waals surface area contributed by atoms with Gasteiger partial charge in [0, 0.05) is 16.8 Å². The Morgan fingerprint density at radius 2 is 1.15 bits per heavy atom. The van der Waals surface area contributed by atoms with Gasteiger partial charge in [-0.05, 0) is 29.8 Å². The fourth-order valence-corrected chi connectivity index (χ4v) is 2.06. The Hall–Kier alpha value is -0.450. The molecule has 0 aliphatic carbocycles. The monoisotopic (exact) mass is 504 g/mol. The van der Waals surface area contributed by atoms with Gasteiger partial charge in [-0.15, -0.1) is 0 Å². The van der Waals surface area contributed by atoms with Gasteiger partial charge in [-0.25, -0.2) is 0 Å². The van der Waals surface area contributed by atoms with E-state index in [-0.39, 0.29) is 0 Å². The lowest BCUT2D eigenvalue weighted by Gasteiger charge is -2.19. The highest BCUT2D eigenvalue weighted by atomic mass is 35.6. The summed E-state index contributed by atoms with van der Waals surface area (Å²) >= 11 is 36.5. The summed E-state index contributed by atoms with van der Waals surface area (Å²) in [6.45, 7) is 0. The summed E-state index contributed by atoms with van der Waals surface area (Å²) in [5.41, 5.74) is 1.80. The summed E-state index contributed by atoms with van der Waals surface area (Å²) in [4.78, 5) is 0. The molecular weight excluding hydrogens is 496 g/mol. The molecule has 2 heterocycles. The van der Waals surface area contributed by atoms with Gasteiger partial charge in [-0.2, -0.15) is 0 Å². The molecule has 0 aliphatic heterocycles. The number of para-hydroxylation sites is 2. The number of halogens is 7. The van der Waals surface area contributed by atoms with E-state index in [0.29, 0.717) is 5.22 Å². The lowest BCUT2D eigenvalue weighted by atomic mass is 10.3. The first-order valence-electron chi connectivity index (χ1n) is 7.28. The van der Waals surface area contributed by atoms with Crippen LogP contribution in [0, 0.1) is 0 Å². The standard InChI is InChI=1S/C8H5ClO.C8H6O.C2Cl6/c9-8-5-6-3-1-2-4-7(6)10-8;1-2-4-8-7(3-1)5-6-9-8;3-1(4,5)2(6,7)8/h1-5H;1-6H;. The van der Waals surface area contributed by atoms with Crippen LogP contribution in [0.1, 0.15) is 0 Å². The summed E-state index contributed by atoms with van der Waals surface area (Å²) in [6, 6.07) is 19.4. The molecule has 0 N–H and O–H groups in total. The Labute approximate surface area is 190 Å². The third-order valence-electron chi connectivity index (χ3n) is 3.08. The minimum absolute atomic E-state index is 0.446. The molecule has 2 nitrogen and oxygen atoms in total. The van der Waals surface area contributed by atoms with Crippen molar-refractivity contribution in [1.29, 1.82) is 0 Å². The SMILES string of the molecule is ClC(Cl)(Cl)C(Cl)(Cl)Cl.Clc1cc2ccccc2o1.c1ccc2occc2c1. The molecular formula is C18H11Cl7O2. The summed E-state index contributed by atoms with van der Waals surface area (Å²) in [7, 11) is 0. The van der Waals surface area contributed by atoms with Crippen LogP contribution in [0.25, 0.3) is 21.9 Å². The van der Waals surface area contributed by atoms with Gasteiger partial charge in [-0.1, -0.05) is 106 Å². The molecule has 0 unspecified atom stereocenters. The number of rotatable bonds is 0. The largest absolute Gasteiger partial charge is 0.464 e. The van der Waals surface area contributed by atoms with Crippen molar-refractivity contribution < 1.29 is 8.83 Å². The Morgan fingerprint density at radius 1 is 0.630 bits per heavy atom. The minimum atomic E-state index is -1.85. The highest BCUT2D eigenvalue weighted by Gasteiger charge is 2.43. The van der Waals surface area contributed by atoms with Crippen LogP contribution in [0.15, 0.2) is 75.8 Å². The summed E-state index contributed by atoms with van der Waals surface area (Å²) in [5.74, 6) is 0. The van der Waals surface area contributed by atoms with Crippen LogP contribution in [0.4, 0.5) is 0 Å². The molecule has 0 amide bonds. The average Bonchev–Trinajstić information content (AvgIpc) is 3.18. The molecule has 27 heavy (non-hydrogen) atoms. The van der Waals surface area contributed by atoms with Crippen LogP contribution in [-0.2, 0) is 0 Å². The molecule has 4 aromatic rings. The second kappa shape index (κ2) is 9.84. The smallest absolute Gasteiger partial charge is 0.236 e. The quantitative estimate of drug-likeness (QED) is 0.222. The Morgan fingerprint density at radius 3 is 1.67 bits per heavy atom. The lowest BCUT2D eigenvalue weighted by molar-refractivity contribution is 0.616. The van der Waals surface area contributed by atoms with Gasteiger partial charge in [0.2, 0.25) is 7.59 Å². The van der Waals surface area contributed by atoms with Crippen LogP contribution in [0.3, 0.4) is 0 Å². The highest BCUT2D eigenvalue weighted by Crippen LogP contribution is 2.48. The molecule has 144 valence electrons. The van der Waals surface area contributed by atoms with E-state index in [4.69, 9.17) is 90.0 Å². The first kappa shape index (κ1) is 22.8. The van der Waals surface area contributed by atoms with Gasteiger partial charge in [0.1, 0.15) is 11.2 Å². The molecule has 0 fully saturated rings. The summed E-state index contributed by atoms with van der Waals surface area (Å²) in [5, 5.41) is 2.66. The molecule has 0 spiro atoms. The predicted octanol–water partition coefficient (Wildman–Crippen LogP) is 9.25. The van der Waals surface area contributed by atoms with Crippen molar-refractivity contribution in [2.45, 2.75) is 7.59 Å². The Bertz CT molecular complexity index is 905. The summed E-state index contributed by atoms with van der Waals surface area (Å²) < 4.78 is 6.55. The van der Waals surface area contributed by atoms with Crippen LogP contribution >= 0.6 is 81.2 Å². The second-order valence-corrected chi connectivity index (χ2v) is 9.98. The van der Waals surface area contributed by atoms with Gasteiger partial charge >= 0.3 is 0 Å². The topological polar surface area (TPSA) is 26.3 Å². The van der Waals surface area contributed by atoms with Crippen LogP contribution in [-0.4, -0.2) is 7.59 Å². The third kappa shape index (κ3) is 7.14. The van der Waals surface area contributed by atoms with E-state index in [1.165, 1.54) is 0 Å². The first-order chi connectivity index (χ1) is 12.6. The first-order valence-corrected chi connectivity index (χ1v) is 9.92. The number of hydrogen-bond acceptors (Lipinski definition) is 2. The molecule has 0 bridgehead atoms. The molecule has 0 saturated heterocycles. The van der Waals surface area contributed by atoms with Crippen LogP contribution in [0.5, 0.6) is 0 Å². The lowest BCUT2D eigenvalue weighted by Crippen LogP contribution is -2.23. The zero-order valence-electron chi connectivity index (χ0n) is 13.3. The molecule has 0 radical (unpaired) electrons. The highest BCUT2D eigenvalue weighted by molar-refractivity contribution is 6.83. The number of benzene rings is 2. The van der Waals surface area contributed by atoms with Crippen LogP contribution < -0.4 is 0 Å². The molecule has 9 heteroatoms. The normalized spacial score (nSPS) is 11.5. The van der Waals surface area contributed by atoms with Gasteiger partial charge in [0.05, 0.1) is 6.26 Å². The maximum absolute atomic E-state index is 5.62. The fourth-order valence-electron chi connectivity index (χ4n) is 1.86. The Kier molecular flexibility index (Phi) is 8.33. The van der Waals surface area contributed by atoms with Crippen molar-refractivity contribution in [3.8, 4) is 0 Å². The fraction of sp³-hybridized carbons (Fsp3) is 0.111. The van der Waals surface area contributed by atoms with Crippen molar-refractivity contribution in [2.75, 3.05) is 0 Å². The second-order valence-electron chi connectivity index (χ2n) is 5.04. The maximum atomic E-state index is 5.62. The molecule has 0 aliphatic rings. The van der Waals surface area contributed by atoms with Crippen molar-refractivity contribution in [2.24, 2.45) is 0 Å². The molecule has 0 saturated carbocycles. The van der Waals surface area contributed by atoms with Crippen LogP contribution in [0.2, 0.25) is 5.22 Å². The van der Waals surface area contributed by atoms with Gasteiger partial charge < -0.3 is 8.83 Å². The maximum Gasteiger partial charge on any atom is 0.236 e.